The molecule has 0 saturated carbocycles. The van der Waals surface area contributed by atoms with Gasteiger partial charge in [0.25, 0.3) is 0 Å². The second-order valence-electron chi connectivity index (χ2n) is 4.73. The fourth-order valence-corrected chi connectivity index (χ4v) is 2.32. The standard InChI is InChI=1S/C16H18ClFN2/c1-2-7-20-16(12-4-3-8-19-11-12)10-13-9-14(18)5-6-15(13)17/h3-6,8-9,11,16,20H,2,7,10H2,1H3. The van der Waals surface area contributed by atoms with E-state index in [1.807, 2.05) is 18.3 Å². The molecule has 2 aromatic rings. The summed E-state index contributed by atoms with van der Waals surface area (Å²) < 4.78 is 13.4. The van der Waals surface area contributed by atoms with Gasteiger partial charge in [0.2, 0.25) is 0 Å². The van der Waals surface area contributed by atoms with Gasteiger partial charge in [-0.3, -0.25) is 4.98 Å². The van der Waals surface area contributed by atoms with Crippen molar-refractivity contribution in [1.82, 2.24) is 10.3 Å². The first-order valence-corrected chi connectivity index (χ1v) is 7.15. The van der Waals surface area contributed by atoms with Crippen molar-refractivity contribution >= 4 is 11.6 Å². The number of hydrogen-bond donors (Lipinski definition) is 1. The molecule has 2 nitrogen and oxygen atoms in total. The Labute approximate surface area is 124 Å². The summed E-state index contributed by atoms with van der Waals surface area (Å²) in [6.07, 6.45) is 5.26. The van der Waals surface area contributed by atoms with E-state index in [0.717, 1.165) is 24.1 Å². The van der Waals surface area contributed by atoms with Crippen molar-refractivity contribution in [2.45, 2.75) is 25.8 Å². The average molecular weight is 293 g/mol. The highest BCUT2D eigenvalue weighted by Gasteiger charge is 2.14. The van der Waals surface area contributed by atoms with Crippen molar-refractivity contribution in [3.63, 3.8) is 0 Å². The van der Waals surface area contributed by atoms with Crippen molar-refractivity contribution < 1.29 is 4.39 Å². The van der Waals surface area contributed by atoms with Gasteiger partial charge in [-0.05, 0) is 54.8 Å². The molecule has 0 amide bonds. The van der Waals surface area contributed by atoms with Gasteiger partial charge in [0.1, 0.15) is 5.82 Å². The van der Waals surface area contributed by atoms with Crippen LogP contribution in [0.4, 0.5) is 4.39 Å². The zero-order chi connectivity index (χ0) is 14.4. The molecule has 1 unspecified atom stereocenters. The van der Waals surface area contributed by atoms with Gasteiger partial charge in [0.05, 0.1) is 0 Å². The number of rotatable bonds is 6. The molecule has 2 rings (SSSR count). The maximum atomic E-state index is 13.4. The van der Waals surface area contributed by atoms with Crippen LogP contribution in [0.25, 0.3) is 0 Å². The Morgan fingerprint density at radius 2 is 2.20 bits per heavy atom. The molecule has 1 heterocycles. The maximum Gasteiger partial charge on any atom is 0.123 e. The van der Waals surface area contributed by atoms with Crippen LogP contribution in [-0.4, -0.2) is 11.5 Å². The predicted octanol–water partition coefficient (Wildman–Crippen LogP) is 4.16. The third-order valence-electron chi connectivity index (χ3n) is 3.16. The highest BCUT2D eigenvalue weighted by molar-refractivity contribution is 6.31. The van der Waals surface area contributed by atoms with Crippen LogP contribution in [0.5, 0.6) is 0 Å². The molecular weight excluding hydrogens is 275 g/mol. The Hall–Kier alpha value is -1.45. The van der Waals surface area contributed by atoms with Gasteiger partial charge < -0.3 is 5.32 Å². The van der Waals surface area contributed by atoms with E-state index in [4.69, 9.17) is 11.6 Å². The second-order valence-corrected chi connectivity index (χ2v) is 5.14. The number of nitrogens with zero attached hydrogens (tertiary/aromatic N) is 1. The molecule has 0 aliphatic rings. The summed E-state index contributed by atoms with van der Waals surface area (Å²) in [7, 11) is 0. The van der Waals surface area contributed by atoms with E-state index in [9.17, 15) is 4.39 Å². The monoisotopic (exact) mass is 292 g/mol. The first-order chi connectivity index (χ1) is 9.70. The molecule has 0 spiro atoms. The molecule has 1 aromatic carbocycles. The Balaban J connectivity index is 2.21. The molecule has 0 radical (unpaired) electrons. The molecular formula is C16H18ClFN2. The molecule has 4 heteroatoms. The van der Waals surface area contributed by atoms with Gasteiger partial charge in [-0.25, -0.2) is 4.39 Å². The summed E-state index contributed by atoms with van der Waals surface area (Å²) in [5.74, 6) is -0.259. The first-order valence-electron chi connectivity index (χ1n) is 6.78. The molecule has 0 fully saturated rings. The minimum atomic E-state index is -0.259. The van der Waals surface area contributed by atoms with E-state index in [2.05, 4.69) is 17.2 Å². The lowest BCUT2D eigenvalue weighted by molar-refractivity contribution is 0.526. The summed E-state index contributed by atoms with van der Waals surface area (Å²) >= 11 is 6.15. The third kappa shape index (κ3) is 4.02. The van der Waals surface area contributed by atoms with Crippen LogP contribution in [0.15, 0.2) is 42.7 Å². The molecule has 0 aliphatic heterocycles. The number of pyridine rings is 1. The lowest BCUT2D eigenvalue weighted by Gasteiger charge is -2.19. The minimum absolute atomic E-state index is 0.0861. The number of halogens is 2. The van der Waals surface area contributed by atoms with Crippen molar-refractivity contribution in [3.05, 3.63) is 64.7 Å². The van der Waals surface area contributed by atoms with Gasteiger partial charge in [-0.15, -0.1) is 0 Å². The quantitative estimate of drug-likeness (QED) is 0.865. The van der Waals surface area contributed by atoms with Gasteiger partial charge in [-0.2, -0.15) is 0 Å². The van der Waals surface area contributed by atoms with E-state index < -0.39 is 0 Å². The minimum Gasteiger partial charge on any atom is -0.310 e. The number of benzene rings is 1. The van der Waals surface area contributed by atoms with Crippen molar-refractivity contribution in [3.8, 4) is 0 Å². The molecule has 0 saturated heterocycles. The van der Waals surface area contributed by atoms with Crippen LogP contribution in [0.2, 0.25) is 5.02 Å². The zero-order valence-corrected chi connectivity index (χ0v) is 12.2. The lowest BCUT2D eigenvalue weighted by atomic mass is 10.00. The highest BCUT2D eigenvalue weighted by atomic mass is 35.5. The molecule has 0 bridgehead atoms. The number of hydrogen-bond acceptors (Lipinski definition) is 2. The Morgan fingerprint density at radius 3 is 2.90 bits per heavy atom. The fourth-order valence-electron chi connectivity index (χ4n) is 2.13. The Bertz CT molecular complexity index is 545. The summed E-state index contributed by atoms with van der Waals surface area (Å²) in [5, 5.41) is 4.06. The van der Waals surface area contributed by atoms with E-state index in [0.29, 0.717) is 11.4 Å². The van der Waals surface area contributed by atoms with Gasteiger partial charge in [-0.1, -0.05) is 24.6 Å². The SMILES string of the molecule is CCCNC(Cc1cc(F)ccc1Cl)c1cccnc1. The molecule has 1 N–H and O–H groups in total. The summed E-state index contributed by atoms with van der Waals surface area (Å²) in [5.41, 5.74) is 1.89. The van der Waals surface area contributed by atoms with E-state index >= 15 is 0 Å². The van der Waals surface area contributed by atoms with Crippen LogP contribution in [0.1, 0.15) is 30.5 Å². The average Bonchev–Trinajstić information content (AvgIpc) is 2.48. The second kappa shape index (κ2) is 7.36. The lowest BCUT2D eigenvalue weighted by Crippen LogP contribution is -2.24. The first kappa shape index (κ1) is 14.9. The highest BCUT2D eigenvalue weighted by Crippen LogP contribution is 2.24. The molecule has 1 atom stereocenters. The number of aromatic nitrogens is 1. The molecule has 0 aliphatic carbocycles. The molecule has 1 aromatic heterocycles. The van der Waals surface area contributed by atoms with Crippen LogP contribution in [-0.2, 0) is 6.42 Å². The zero-order valence-electron chi connectivity index (χ0n) is 11.4. The predicted molar refractivity (Wildman–Crippen MR) is 80.4 cm³/mol. The maximum absolute atomic E-state index is 13.4. The van der Waals surface area contributed by atoms with Gasteiger partial charge >= 0.3 is 0 Å². The van der Waals surface area contributed by atoms with Crippen molar-refractivity contribution in [2.75, 3.05) is 6.54 Å². The van der Waals surface area contributed by atoms with Crippen molar-refractivity contribution in [2.24, 2.45) is 0 Å². The Morgan fingerprint density at radius 1 is 1.35 bits per heavy atom. The normalized spacial score (nSPS) is 12.3. The Kier molecular flexibility index (Phi) is 5.50. The molecule has 20 heavy (non-hydrogen) atoms. The summed E-state index contributed by atoms with van der Waals surface area (Å²) in [6.45, 7) is 3.01. The molecule has 106 valence electrons. The van der Waals surface area contributed by atoms with Crippen LogP contribution in [0, 0.1) is 5.82 Å². The fraction of sp³-hybridized carbons (Fsp3) is 0.312. The number of nitrogens with one attached hydrogen (secondary N) is 1. The smallest absolute Gasteiger partial charge is 0.123 e. The largest absolute Gasteiger partial charge is 0.310 e. The van der Waals surface area contributed by atoms with Gasteiger partial charge in [0, 0.05) is 23.5 Å². The third-order valence-corrected chi connectivity index (χ3v) is 3.53. The van der Waals surface area contributed by atoms with Crippen molar-refractivity contribution in [1.29, 1.82) is 0 Å². The van der Waals surface area contributed by atoms with Crippen LogP contribution < -0.4 is 5.32 Å². The summed E-state index contributed by atoms with van der Waals surface area (Å²) in [6, 6.07) is 8.50. The topological polar surface area (TPSA) is 24.9 Å². The van der Waals surface area contributed by atoms with E-state index in [1.54, 1.807) is 12.3 Å². The van der Waals surface area contributed by atoms with Crippen LogP contribution >= 0.6 is 11.6 Å². The van der Waals surface area contributed by atoms with Crippen LogP contribution in [0.3, 0.4) is 0 Å². The van der Waals surface area contributed by atoms with E-state index in [1.165, 1.54) is 12.1 Å². The van der Waals surface area contributed by atoms with E-state index in [-0.39, 0.29) is 11.9 Å². The summed E-state index contributed by atoms with van der Waals surface area (Å²) in [4.78, 5) is 4.15. The van der Waals surface area contributed by atoms with Gasteiger partial charge in [0.15, 0.2) is 0 Å².